The van der Waals surface area contributed by atoms with Crippen molar-refractivity contribution in [2.24, 2.45) is 0 Å². The van der Waals surface area contributed by atoms with Crippen LogP contribution in [0.2, 0.25) is 10.0 Å². The molecule has 7 heteroatoms. The number of para-hydroxylation sites is 2. The molecule has 0 saturated heterocycles. The van der Waals surface area contributed by atoms with Crippen LogP contribution in [-0.4, -0.2) is 0 Å². The molecule has 0 atom stereocenters. The van der Waals surface area contributed by atoms with Crippen LogP contribution in [0.3, 0.4) is 0 Å². The average Bonchev–Trinajstić information content (AvgIpc) is 3.99. The molecule has 0 saturated carbocycles. The van der Waals surface area contributed by atoms with Gasteiger partial charge < -0.3 is 10.2 Å². The quantitative estimate of drug-likeness (QED) is 0.155. The summed E-state index contributed by atoms with van der Waals surface area (Å²) in [5, 5.41) is 7.59. The molecule has 12 rings (SSSR count). The Kier molecular flexibility index (Phi) is 15.6. The molecule has 0 amide bonds. The van der Waals surface area contributed by atoms with Crippen LogP contribution in [0.4, 0.5) is 28.4 Å². The number of rotatable bonds is 9. The van der Waals surface area contributed by atoms with Crippen LogP contribution in [0.15, 0.2) is 259 Å². The Morgan fingerprint density at radius 2 is 0.808 bits per heavy atom. The van der Waals surface area contributed by atoms with Crippen molar-refractivity contribution in [1.29, 1.82) is 0 Å². The lowest BCUT2D eigenvalue weighted by atomic mass is 9.98. The van der Waals surface area contributed by atoms with Crippen LogP contribution in [-0.2, 0) is 0 Å². The van der Waals surface area contributed by atoms with E-state index in [1.807, 2.05) is 84.2 Å². The number of nitrogens with one attached hydrogen (secondary N) is 1. The second kappa shape index (κ2) is 23.1. The Labute approximate surface area is 454 Å². The normalized spacial score (nSPS) is 10.8. The number of thiophene rings is 2. The van der Waals surface area contributed by atoms with Gasteiger partial charge in [-0.15, -0.1) is 22.7 Å². The van der Waals surface area contributed by atoms with Crippen molar-refractivity contribution in [3.8, 4) is 43.1 Å². The van der Waals surface area contributed by atoms with E-state index in [-0.39, 0.29) is 0 Å². The largest absolute Gasteiger partial charge is 0.355 e. The number of hydrogen-bond acceptors (Lipinski definition) is 4. The Balaban J connectivity index is 0.000000146. The van der Waals surface area contributed by atoms with Crippen LogP contribution < -0.4 is 10.2 Å². The molecule has 0 radical (unpaired) electrons. The number of anilines is 5. The van der Waals surface area contributed by atoms with Crippen molar-refractivity contribution >= 4 is 110 Å². The van der Waals surface area contributed by atoms with Gasteiger partial charge in [-0.1, -0.05) is 209 Å². The van der Waals surface area contributed by atoms with Gasteiger partial charge in [0.05, 0.1) is 0 Å². The van der Waals surface area contributed by atoms with Crippen LogP contribution in [0.25, 0.3) is 63.3 Å². The summed E-state index contributed by atoms with van der Waals surface area (Å²) in [5.41, 5.74) is 15.4. The van der Waals surface area contributed by atoms with Gasteiger partial charge in [0.2, 0.25) is 0 Å². The fraction of sp³-hybridized carbons (Fsp3) is 0.0303. The van der Waals surface area contributed by atoms with Gasteiger partial charge >= 0.3 is 0 Å². The highest BCUT2D eigenvalue weighted by Gasteiger charge is 2.20. The van der Waals surface area contributed by atoms with E-state index in [0.717, 1.165) is 48.5 Å². The molecule has 0 unspecified atom stereocenters. The Bertz CT molecular complexity index is 3680. The molecule has 2 heterocycles. The number of fused-ring (bicyclic) bond motifs is 2. The second-order valence-corrected chi connectivity index (χ2v) is 21.5. The fourth-order valence-electron chi connectivity index (χ4n) is 9.02. The first kappa shape index (κ1) is 49.4. The predicted octanol–water partition coefficient (Wildman–Crippen LogP) is 22.1. The Morgan fingerprint density at radius 1 is 0.370 bits per heavy atom. The van der Waals surface area contributed by atoms with E-state index in [0.29, 0.717) is 0 Å². The first-order valence-corrected chi connectivity index (χ1v) is 27.1. The van der Waals surface area contributed by atoms with Crippen LogP contribution in [0.1, 0.15) is 11.1 Å². The topological polar surface area (TPSA) is 15.3 Å². The maximum Gasteiger partial charge on any atom is 0.0479 e. The van der Waals surface area contributed by atoms with Crippen molar-refractivity contribution in [3.05, 3.63) is 280 Å². The molecule has 0 aliphatic carbocycles. The summed E-state index contributed by atoms with van der Waals surface area (Å²) in [6.45, 7) is 4.09. The third kappa shape index (κ3) is 11.9. The molecular weight excluding hydrogens is 1040 g/mol. The minimum Gasteiger partial charge on any atom is -0.355 e. The maximum atomic E-state index is 6.50. The van der Waals surface area contributed by atoms with E-state index in [4.69, 9.17) is 23.2 Å². The van der Waals surface area contributed by atoms with E-state index in [9.17, 15) is 0 Å². The zero-order chi connectivity index (χ0) is 50.1. The minimum atomic E-state index is 0.737. The standard InChI is InChI=1S/C33H24ClNS.C26H19NS.C7H6BrCl/c1-23-19-26(34)21-29(20-23)35(27-15-9-4-10-16-27)28-17-18-30-31(22-28)36-33(25-13-7-3-8-14-25)32(30)24-11-5-2-6-12-24;1-4-10-19(11-5-1)25-23-17-16-22(27-21-14-8-3-9-15-21)18-24(23)28-26(25)20-12-6-2-7-13-20;1-5-2-6(8)4-7(9)3-5/h2-22H,1H3;1-18,27H;2-4H,1H3. The number of nitrogens with zero attached hydrogens (tertiary/aromatic N) is 1. The molecule has 0 spiro atoms. The molecule has 356 valence electrons. The third-order valence-electron chi connectivity index (χ3n) is 12.2. The first-order valence-electron chi connectivity index (χ1n) is 24.0. The van der Waals surface area contributed by atoms with Crippen molar-refractivity contribution in [3.63, 3.8) is 0 Å². The molecule has 1 N–H and O–H groups in total. The zero-order valence-electron chi connectivity index (χ0n) is 40.1. The molecule has 2 aromatic heterocycles. The van der Waals surface area contributed by atoms with E-state index >= 15 is 0 Å². The average molecular weight is 1090 g/mol. The van der Waals surface area contributed by atoms with Crippen LogP contribution in [0.5, 0.6) is 0 Å². The molecule has 2 nitrogen and oxygen atoms in total. The van der Waals surface area contributed by atoms with E-state index in [1.165, 1.54) is 68.9 Å². The van der Waals surface area contributed by atoms with Crippen molar-refractivity contribution < 1.29 is 0 Å². The van der Waals surface area contributed by atoms with Gasteiger partial charge in [0.1, 0.15) is 0 Å². The number of hydrogen-bond donors (Lipinski definition) is 1. The maximum absolute atomic E-state index is 6.50. The summed E-state index contributed by atoms with van der Waals surface area (Å²) in [6.07, 6.45) is 0. The molecular formula is C66H49BrCl2N2S2. The molecule has 0 aliphatic heterocycles. The van der Waals surface area contributed by atoms with E-state index < -0.39 is 0 Å². The smallest absolute Gasteiger partial charge is 0.0479 e. The highest BCUT2D eigenvalue weighted by atomic mass is 79.9. The highest BCUT2D eigenvalue weighted by Crippen LogP contribution is 2.48. The third-order valence-corrected chi connectivity index (χ3v) is 15.5. The Hall–Kier alpha value is -7.22. The van der Waals surface area contributed by atoms with Crippen molar-refractivity contribution in [2.75, 3.05) is 10.2 Å². The van der Waals surface area contributed by atoms with Gasteiger partial charge in [-0.25, -0.2) is 0 Å². The lowest BCUT2D eigenvalue weighted by molar-refractivity contribution is 1.28. The second-order valence-electron chi connectivity index (χ2n) is 17.6. The predicted molar refractivity (Wildman–Crippen MR) is 323 cm³/mol. The fourth-order valence-corrected chi connectivity index (χ4v) is 12.9. The van der Waals surface area contributed by atoms with Gasteiger partial charge in [-0.3, -0.25) is 0 Å². The van der Waals surface area contributed by atoms with Gasteiger partial charge in [0.15, 0.2) is 0 Å². The van der Waals surface area contributed by atoms with Crippen LogP contribution >= 0.6 is 61.8 Å². The van der Waals surface area contributed by atoms with Crippen molar-refractivity contribution in [1.82, 2.24) is 0 Å². The molecule has 0 bridgehead atoms. The Morgan fingerprint density at radius 3 is 1.30 bits per heavy atom. The van der Waals surface area contributed by atoms with E-state index in [1.54, 1.807) is 0 Å². The van der Waals surface area contributed by atoms with Crippen molar-refractivity contribution in [2.45, 2.75) is 13.8 Å². The summed E-state index contributed by atoms with van der Waals surface area (Å²) >= 11 is 19.3. The first-order chi connectivity index (χ1) is 35.7. The molecule has 12 aromatic rings. The molecule has 0 fully saturated rings. The summed E-state index contributed by atoms with van der Waals surface area (Å²) < 4.78 is 3.58. The molecule has 73 heavy (non-hydrogen) atoms. The summed E-state index contributed by atoms with van der Waals surface area (Å²) in [5.74, 6) is 0. The van der Waals surface area contributed by atoms with Gasteiger partial charge in [-0.2, -0.15) is 0 Å². The molecule has 0 aliphatic rings. The molecule has 10 aromatic carbocycles. The van der Waals surface area contributed by atoms with Crippen LogP contribution in [0, 0.1) is 13.8 Å². The van der Waals surface area contributed by atoms with E-state index in [2.05, 4.69) is 233 Å². The van der Waals surface area contributed by atoms with Gasteiger partial charge in [-0.05, 0) is 132 Å². The summed E-state index contributed by atoms with van der Waals surface area (Å²) in [6, 6.07) is 89.0. The number of aryl methyl sites for hydroxylation is 2. The SMILES string of the molecule is Cc1cc(Cl)cc(Br)c1.Cc1cc(Cl)cc(N(c2ccccc2)c2ccc3c(-c4ccccc4)c(-c4ccccc4)sc3c2)c1.c1ccc(Nc2ccc3c(-c4ccccc4)c(-c4ccccc4)sc3c2)cc1. The zero-order valence-corrected chi connectivity index (χ0v) is 44.9. The summed E-state index contributed by atoms with van der Waals surface area (Å²) in [4.78, 5) is 4.89. The van der Waals surface area contributed by atoms with Gasteiger partial charge in [0, 0.05) is 84.0 Å². The minimum absolute atomic E-state index is 0.737. The highest BCUT2D eigenvalue weighted by molar-refractivity contribution is 9.10. The number of benzene rings is 10. The lowest BCUT2D eigenvalue weighted by Gasteiger charge is -2.26. The number of halogens is 3. The van der Waals surface area contributed by atoms with Gasteiger partial charge in [0.25, 0.3) is 0 Å². The summed E-state index contributed by atoms with van der Waals surface area (Å²) in [7, 11) is 0. The lowest BCUT2D eigenvalue weighted by Crippen LogP contribution is -2.09. The monoisotopic (exact) mass is 1080 g/mol.